The molecule has 0 aliphatic heterocycles. The summed E-state index contributed by atoms with van der Waals surface area (Å²) in [4.78, 5) is 15.7. The van der Waals surface area contributed by atoms with E-state index in [1.54, 1.807) is 0 Å². The number of rotatable bonds is 9. The summed E-state index contributed by atoms with van der Waals surface area (Å²) in [7, 11) is 0. The van der Waals surface area contributed by atoms with Crippen molar-refractivity contribution in [2.75, 3.05) is 0 Å². The number of nitriles is 1. The summed E-state index contributed by atoms with van der Waals surface area (Å²) in [5, 5.41) is 14.5. The molecule has 0 saturated heterocycles. The van der Waals surface area contributed by atoms with E-state index in [9.17, 15) is 5.26 Å². The largest absolute Gasteiger partial charge is 0.309 e. The maximum atomic E-state index is 9.87. The fourth-order valence-electron chi connectivity index (χ4n) is 11.5. The lowest BCUT2D eigenvalue weighted by Gasteiger charge is -2.21. The minimum absolute atomic E-state index is 0.561. The lowest BCUT2D eigenvalue weighted by molar-refractivity contribution is 1.07. The highest BCUT2D eigenvalue weighted by Gasteiger charge is 2.24. The van der Waals surface area contributed by atoms with E-state index in [0.717, 1.165) is 88.5 Å². The van der Waals surface area contributed by atoms with Gasteiger partial charge >= 0.3 is 0 Å². The highest BCUT2D eigenvalue weighted by Crippen LogP contribution is 2.45. The van der Waals surface area contributed by atoms with Crippen LogP contribution in [0.25, 0.3) is 134 Å². The molecule has 0 saturated carbocycles. The van der Waals surface area contributed by atoms with E-state index < -0.39 is 0 Å². The summed E-state index contributed by atoms with van der Waals surface area (Å²) in [6, 6.07) is 92.5. The van der Waals surface area contributed by atoms with Gasteiger partial charge in [-0.2, -0.15) is 5.26 Å². The Morgan fingerprint density at radius 2 is 0.679 bits per heavy atom. The molecule has 3 heterocycles. The Hall–Kier alpha value is -10.5. The van der Waals surface area contributed by atoms with Crippen LogP contribution in [0.15, 0.2) is 255 Å². The second-order valence-corrected chi connectivity index (χ2v) is 20.0. The molecule has 366 valence electrons. The summed E-state index contributed by atoms with van der Waals surface area (Å²) in [5.74, 6) is 1.75. The van der Waals surface area contributed by atoms with Gasteiger partial charge in [0.1, 0.15) is 0 Å². The molecule has 0 spiro atoms. The smallest absolute Gasteiger partial charge is 0.164 e. The Morgan fingerprint density at radius 1 is 0.295 bits per heavy atom. The third-order valence-electron chi connectivity index (χ3n) is 15.3. The first-order valence-corrected chi connectivity index (χ1v) is 26.3. The molecule has 0 aliphatic carbocycles. The van der Waals surface area contributed by atoms with Gasteiger partial charge in [-0.25, -0.2) is 15.0 Å². The van der Waals surface area contributed by atoms with Crippen LogP contribution in [0.3, 0.4) is 0 Å². The van der Waals surface area contributed by atoms with Gasteiger partial charge in [0.2, 0.25) is 0 Å². The summed E-state index contributed by atoms with van der Waals surface area (Å²) in [5.41, 5.74) is 20.9. The molecule has 0 aliphatic rings. The average Bonchev–Trinajstić information content (AvgIpc) is 4.22. The van der Waals surface area contributed by atoms with Crippen LogP contribution in [0.5, 0.6) is 0 Å². The van der Waals surface area contributed by atoms with E-state index in [1.165, 1.54) is 38.8 Å². The van der Waals surface area contributed by atoms with Crippen molar-refractivity contribution >= 4 is 43.6 Å². The number of benzene rings is 11. The molecule has 78 heavy (non-hydrogen) atoms. The zero-order valence-electron chi connectivity index (χ0n) is 42.9. The van der Waals surface area contributed by atoms with Gasteiger partial charge in [0.05, 0.1) is 45.1 Å². The van der Waals surface area contributed by atoms with Crippen molar-refractivity contribution < 1.29 is 0 Å². The van der Waals surface area contributed by atoms with Gasteiger partial charge in [-0.3, -0.25) is 0 Å². The number of hydrogen-bond donors (Lipinski definition) is 0. The van der Waals surface area contributed by atoms with Crippen molar-refractivity contribution in [3.05, 3.63) is 271 Å². The lowest BCUT2D eigenvalue weighted by atomic mass is 9.94. The Bertz CT molecular complexity index is 4640. The minimum Gasteiger partial charge on any atom is -0.309 e. The molecular weight excluding hydrogens is 949 g/mol. The summed E-state index contributed by atoms with van der Waals surface area (Å²) in [6.45, 7) is 4.36. The Morgan fingerprint density at radius 3 is 1.17 bits per heavy atom. The van der Waals surface area contributed by atoms with Crippen LogP contribution in [0, 0.1) is 25.2 Å². The second-order valence-electron chi connectivity index (χ2n) is 20.0. The lowest BCUT2D eigenvalue weighted by Crippen LogP contribution is -2.04. The van der Waals surface area contributed by atoms with Crippen LogP contribution >= 0.6 is 0 Å². The summed E-state index contributed by atoms with van der Waals surface area (Å²) < 4.78 is 4.87. The molecular formula is C72H48N6. The zero-order chi connectivity index (χ0) is 52.3. The van der Waals surface area contributed by atoms with Crippen molar-refractivity contribution in [1.29, 1.82) is 5.26 Å². The third-order valence-corrected chi connectivity index (χ3v) is 15.3. The van der Waals surface area contributed by atoms with Crippen LogP contribution in [-0.4, -0.2) is 24.1 Å². The van der Waals surface area contributed by atoms with Gasteiger partial charge in [-0.1, -0.05) is 176 Å². The highest BCUT2D eigenvalue weighted by atomic mass is 15.0. The number of fused-ring (bicyclic) bond motifs is 6. The predicted octanol–water partition coefficient (Wildman–Crippen LogP) is 18.2. The third kappa shape index (κ3) is 7.92. The first-order chi connectivity index (χ1) is 38.5. The van der Waals surface area contributed by atoms with Gasteiger partial charge < -0.3 is 9.13 Å². The number of para-hydroxylation sites is 2. The standard InChI is InChI=1S/C72H48N6/c1-46-17-9-11-23-56(46)53-34-38-66-60(42-53)58-25-13-15-27-64(58)77(66)68-37-33-52(49-31-29-48(45-73)30-32-49)41-62(68)63-44-55(72-75-70(50-19-5-3-6-20-50)74-71(76-72)51-21-7-4-8-22-51)36-40-69(63)78-65-28-16-14-26-59(65)61-43-54(35-39-67(61)78)57-24-12-10-18-47(57)2/h3-44H,1-2H3. The minimum atomic E-state index is 0.561. The molecule has 0 fully saturated rings. The number of nitrogens with zero attached hydrogens (tertiary/aromatic N) is 6. The van der Waals surface area contributed by atoms with Crippen LogP contribution < -0.4 is 0 Å². The van der Waals surface area contributed by atoms with E-state index in [-0.39, 0.29) is 0 Å². The van der Waals surface area contributed by atoms with E-state index in [4.69, 9.17) is 15.0 Å². The maximum Gasteiger partial charge on any atom is 0.164 e. The number of aromatic nitrogens is 5. The van der Waals surface area contributed by atoms with Gasteiger partial charge in [0.15, 0.2) is 17.5 Å². The normalized spacial score (nSPS) is 11.4. The molecule has 14 aromatic rings. The van der Waals surface area contributed by atoms with Crippen LogP contribution in [0.4, 0.5) is 0 Å². The average molecular weight is 997 g/mol. The second kappa shape index (κ2) is 19.0. The number of aryl methyl sites for hydroxylation is 2. The Kier molecular flexibility index (Phi) is 11.2. The van der Waals surface area contributed by atoms with Gasteiger partial charge in [0.25, 0.3) is 0 Å². The molecule has 6 heteroatoms. The quantitative estimate of drug-likeness (QED) is 0.144. The van der Waals surface area contributed by atoms with E-state index >= 15 is 0 Å². The SMILES string of the molecule is Cc1ccccc1-c1ccc2c(c1)c1ccccc1n2-c1ccc(-c2ccc(C#N)cc2)cc1-c1cc(-c2nc(-c3ccccc3)nc(-c3ccccc3)n2)ccc1-n1c2ccccc2c2cc(-c3ccccc3C)ccc21. The fourth-order valence-corrected chi connectivity index (χ4v) is 11.5. The van der Waals surface area contributed by atoms with Crippen LogP contribution in [0.1, 0.15) is 16.7 Å². The Labute approximate surface area is 452 Å². The molecule has 0 N–H and O–H groups in total. The monoisotopic (exact) mass is 996 g/mol. The molecule has 6 nitrogen and oxygen atoms in total. The number of hydrogen-bond acceptors (Lipinski definition) is 4. The van der Waals surface area contributed by atoms with Gasteiger partial charge in [-0.05, 0) is 137 Å². The molecule has 0 unspecified atom stereocenters. The molecule has 0 radical (unpaired) electrons. The first-order valence-electron chi connectivity index (χ1n) is 26.3. The fraction of sp³-hybridized carbons (Fsp3) is 0.0278. The van der Waals surface area contributed by atoms with Crippen molar-refractivity contribution in [1.82, 2.24) is 24.1 Å². The van der Waals surface area contributed by atoms with E-state index in [1.807, 2.05) is 84.9 Å². The van der Waals surface area contributed by atoms with Crippen molar-refractivity contribution in [3.63, 3.8) is 0 Å². The molecule has 0 atom stereocenters. The van der Waals surface area contributed by atoms with Crippen molar-refractivity contribution in [3.8, 4) is 96.1 Å². The predicted molar refractivity (Wildman–Crippen MR) is 321 cm³/mol. The van der Waals surface area contributed by atoms with Crippen molar-refractivity contribution in [2.24, 2.45) is 0 Å². The molecule has 11 aromatic carbocycles. The highest BCUT2D eigenvalue weighted by molar-refractivity contribution is 6.13. The summed E-state index contributed by atoms with van der Waals surface area (Å²) in [6.07, 6.45) is 0. The molecule has 14 rings (SSSR count). The van der Waals surface area contributed by atoms with Gasteiger partial charge in [0, 0.05) is 49.4 Å². The van der Waals surface area contributed by atoms with E-state index in [2.05, 4.69) is 199 Å². The topological polar surface area (TPSA) is 72.3 Å². The van der Waals surface area contributed by atoms with Crippen LogP contribution in [-0.2, 0) is 0 Å². The maximum absolute atomic E-state index is 9.87. The summed E-state index contributed by atoms with van der Waals surface area (Å²) >= 11 is 0. The van der Waals surface area contributed by atoms with E-state index in [0.29, 0.717) is 23.0 Å². The Balaban J connectivity index is 1.09. The molecule has 3 aromatic heterocycles. The van der Waals surface area contributed by atoms with Crippen LogP contribution in [0.2, 0.25) is 0 Å². The first kappa shape index (κ1) is 46.1. The zero-order valence-corrected chi connectivity index (χ0v) is 42.9. The van der Waals surface area contributed by atoms with Crippen molar-refractivity contribution in [2.45, 2.75) is 13.8 Å². The molecule has 0 amide bonds. The van der Waals surface area contributed by atoms with Gasteiger partial charge in [-0.15, -0.1) is 0 Å². The molecule has 0 bridgehead atoms.